The maximum absolute atomic E-state index is 14.0. The number of amides is 1. The van der Waals surface area contributed by atoms with E-state index in [1.807, 2.05) is 0 Å². The summed E-state index contributed by atoms with van der Waals surface area (Å²) in [6.45, 7) is 0. The van der Waals surface area contributed by atoms with Crippen molar-refractivity contribution < 1.29 is 23.1 Å². The lowest BCUT2D eigenvalue weighted by atomic mass is 9.76. The molecule has 2 aromatic carbocycles. The standard InChI is InChI=1S/C20H18Cl2F3NO2/c21-15-5-4-12(24)10-14(15)19(27)26-18(13-2-1-3-16(25)17(13)22)20(28)8-6-11(23)7-9-20/h1-5,10-11,18,28H,6-9H2,(H,26,27). The average Bonchev–Trinajstić information content (AvgIpc) is 2.66. The summed E-state index contributed by atoms with van der Waals surface area (Å²) in [4.78, 5) is 12.8. The Morgan fingerprint density at radius 3 is 2.54 bits per heavy atom. The van der Waals surface area contributed by atoms with Crippen LogP contribution in [0, 0.1) is 11.6 Å². The monoisotopic (exact) mass is 431 g/mol. The topological polar surface area (TPSA) is 49.3 Å². The third-order valence-corrected chi connectivity index (χ3v) is 5.79. The molecule has 3 rings (SSSR count). The molecule has 1 fully saturated rings. The minimum atomic E-state index is -1.55. The Balaban J connectivity index is 2.00. The van der Waals surface area contributed by atoms with Crippen molar-refractivity contribution in [2.75, 3.05) is 0 Å². The van der Waals surface area contributed by atoms with Gasteiger partial charge in [-0.3, -0.25) is 4.79 Å². The molecule has 1 unspecified atom stereocenters. The Morgan fingerprint density at radius 1 is 1.18 bits per heavy atom. The lowest BCUT2D eigenvalue weighted by molar-refractivity contribution is -0.0445. The van der Waals surface area contributed by atoms with Gasteiger partial charge in [0.05, 0.1) is 27.3 Å². The predicted molar refractivity (Wildman–Crippen MR) is 101 cm³/mol. The quantitative estimate of drug-likeness (QED) is 0.681. The van der Waals surface area contributed by atoms with Gasteiger partial charge in [0.2, 0.25) is 0 Å². The SMILES string of the molecule is O=C(NC(c1cccc(F)c1Cl)C1(O)CCC(F)CC1)c1cc(F)ccc1Cl. The summed E-state index contributed by atoms with van der Waals surface area (Å²) in [5.74, 6) is -2.14. The Kier molecular flexibility index (Phi) is 6.22. The molecule has 1 saturated carbocycles. The van der Waals surface area contributed by atoms with Crippen LogP contribution in [0.3, 0.4) is 0 Å². The number of aliphatic hydroxyl groups is 1. The van der Waals surface area contributed by atoms with Gasteiger partial charge in [-0.2, -0.15) is 0 Å². The Morgan fingerprint density at radius 2 is 1.86 bits per heavy atom. The Hall–Kier alpha value is -1.76. The molecular weight excluding hydrogens is 414 g/mol. The molecule has 1 aliphatic rings. The van der Waals surface area contributed by atoms with E-state index in [-0.39, 0.29) is 46.9 Å². The van der Waals surface area contributed by atoms with Crippen molar-refractivity contribution in [3.63, 3.8) is 0 Å². The summed E-state index contributed by atoms with van der Waals surface area (Å²) >= 11 is 12.1. The van der Waals surface area contributed by atoms with Crippen LogP contribution < -0.4 is 5.32 Å². The lowest BCUT2D eigenvalue weighted by Gasteiger charge is -2.41. The molecule has 0 aliphatic heterocycles. The summed E-state index contributed by atoms with van der Waals surface area (Å²) in [5, 5.41) is 13.5. The van der Waals surface area contributed by atoms with Crippen LogP contribution in [0.15, 0.2) is 36.4 Å². The summed E-state index contributed by atoms with van der Waals surface area (Å²) in [6, 6.07) is 6.20. The number of hydrogen-bond donors (Lipinski definition) is 2. The normalized spacial score (nSPS) is 23.3. The number of alkyl halides is 1. The first kappa shape index (κ1) is 21.0. The zero-order valence-electron chi connectivity index (χ0n) is 14.7. The zero-order chi connectivity index (χ0) is 20.5. The fraction of sp³-hybridized carbons (Fsp3) is 0.350. The Labute approximate surface area is 170 Å². The molecule has 1 amide bonds. The largest absolute Gasteiger partial charge is 0.387 e. The van der Waals surface area contributed by atoms with Gasteiger partial charge in [-0.25, -0.2) is 13.2 Å². The van der Waals surface area contributed by atoms with Crippen molar-refractivity contribution in [1.29, 1.82) is 0 Å². The second-order valence-corrected chi connectivity index (χ2v) is 7.74. The van der Waals surface area contributed by atoms with Crippen LogP contribution in [0.4, 0.5) is 13.2 Å². The first-order chi connectivity index (χ1) is 13.2. The fourth-order valence-corrected chi connectivity index (χ4v) is 3.93. The van der Waals surface area contributed by atoms with Gasteiger partial charge in [-0.1, -0.05) is 35.3 Å². The smallest absolute Gasteiger partial charge is 0.253 e. The van der Waals surface area contributed by atoms with Crippen molar-refractivity contribution in [1.82, 2.24) is 5.32 Å². The molecular formula is C20H18Cl2F3NO2. The summed E-state index contributed by atoms with van der Waals surface area (Å²) < 4.78 is 41.2. The molecule has 2 aromatic rings. The summed E-state index contributed by atoms with van der Waals surface area (Å²) in [7, 11) is 0. The van der Waals surface area contributed by atoms with Crippen LogP contribution in [0.25, 0.3) is 0 Å². The third kappa shape index (κ3) is 4.29. The van der Waals surface area contributed by atoms with Gasteiger partial charge in [0, 0.05) is 0 Å². The molecule has 0 spiro atoms. The van der Waals surface area contributed by atoms with Crippen LogP contribution in [-0.2, 0) is 0 Å². The molecule has 1 atom stereocenters. The highest BCUT2D eigenvalue weighted by Crippen LogP contribution is 2.42. The van der Waals surface area contributed by atoms with Crippen LogP contribution >= 0.6 is 23.2 Å². The van der Waals surface area contributed by atoms with Gasteiger partial charge < -0.3 is 10.4 Å². The molecule has 0 radical (unpaired) electrons. The number of hydrogen-bond acceptors (Lipinski definition) is 2. The molecule has 0 saturated heterocycles. The van der Waals surface area contributed by atoms with Crippen LogP contribution in [0.1, 0.15) is 47.6 Å². The van der Waals surface area contributed by atoms with Crippen molar-refractivity contribution in [2.45, 2.75) is 43.5 Å². The van der Waals surface area contributed by atoms with Gasteiger partial charge in [-0.05, 0) is 55.5 Å². The first-order valence-electron chi connectivity index (χ1n) is 8.77. The molecule has 150 valence electrons. The first-order valence-corrected chi connectivity index (χ1v) is 9.53. The second kappa shape index (κ2) is 8.31. The molecule has 3 nitrogen and oxygen atoms in total. The van der Waals surface area contributed by atoms with Crippen LogP contribution in [0.5, 0.6) is 0 Å². The van der Waals surface area contributed by atoms with Gasteiger partial charge >= 0.3 is 0 Å². The second-order valence-electron chi connectivity index (χ2n) is 6.95. The average molecular weight is 432 g/mol. The maximum atomic E-state index is 14.0. The highest BCUT2D eigenvalue weighted by atomic mass is 35.5. The molecule has 2 N–H and O–H groups in total. The van der Waals surface area contributed by atoms with E-state index in [1.165, 1.54) is 18.2 Å². The third-order valence-electron chi connectivity index (χ3n) is 5.06. The summed E-state index contributed by atoms with van der Waals surface area (Å²) in [5.41, 5.74) is -1.53. The molecule has 0 aromatic heterocycles. The van der Waals surface area contributed by atoms with Crippen molar-refractivity contribution in [3.8, 4) is 0 Å². The van der Waals surface area contributed by atoms with E-state index >= 15 is 0 Å². The maximum Gasteiger partial charge on any atom is 0.253 e. The molecule has 1 aliphatic carbocycles. The molecule has 8 heteroatoms. The van der Waals surface area contributed by atoms with E-state index in [0.717, 1.165) is 18.2 Å². The highest BCUT2D eigenvalue weighted by Gasteiger charge is 2.43. The predicted octanol–water partition coefficient (Wildman–Crippen LogP) is 5.39. The minimum absolute atomic E-state index is 0.0162. The molecule has 0 bridgehead atoms. The Bertz CT molecular complexity index is 886. The zero-order valence-corrected chi connectivity index (χ0v) is 16.2. The number of carbonyl (C=O) groups excluding carboxylic acids is 1. The number of rotatable bonds is 4. The number of benzene rings is 2. The van der Waals surface area contributed by atoms with Crippen LogP contribution in [0.2, 0.25) is 10.0 Å². The van der Waals surface area contributed by atoms with Gasteiger partial charge in [0.15, 0.2) is 0 Å². The summed E-state index contributed by atoms with van der Waals surface area (Å²) in [6.07, 6.45) is -0.782. The number of carbonyl (C=O) groups is 1. The number of halogens is 5. The minimum Gasteiger partial charge on any atom is -0.387 e. The van der Waals surface area contributed by atoms with E-state index in [2.05, 4.69) is 5.32 Å². The molecule has 0 heterocycles. The van der Waals surface area contributed by atoms with Crippen LogP contribution in [-0.4, -0.2) is 22.8 Å². The van der Waals surface area contributed by atoms with Crippen molar-refractivity contribution in [3.05, 3.63) is 69.2 Å². The van der Waals surface area contributed by atoms with E-state index in [9.17, 15) is 23.1 Å². The van der Waals surface area contributed by atoms with E-state index < -0.39 is 35.4 Å². The van der Waals surface area contributed by atoms with Crippen molar-refractivity contribution >= 4 is 29.1 Å². The van der Waals surface area contributed by atoms with Gasteiger partial charge in [-0.15, -0.1) is 0 Å². The number of nitrogens with one attached hydrogen (secondary N) is 1. The van der Waals surface area contributed by atoms with E-state index in [0.29, 0.717) is 0 Å². The molecule has 28 heavy (non-hydrogen) atoms. The van der Waals surface area contributed by atoms with Gasteiger partial charge in [0.25, 0.3) is 5.91 Å². The van der Waals surface area contributed by atoms with E-state index in [4.69, 9.17) is 23.2 Å². The lowest BCUT2D eigenvalue weighted by Crippen LogP contribution is -2.48. The van der Waals surface area contributed by atoms with Gasteiger partial charge in [0.1, 0.15) is 17.8 Å². The highest BCUT2D eigenvalue weighted by molar-refractivity contribution is 6.34. The fourth-order valence-electron chi connectivity index (χ4n) is 3.50. The van der Waals surface area contributed by atoms with Crippen molar-refractivity contribution in [2.24, 2.45) is 0 Å². The van der Waals surface area contributed by atoms with E-state index in [1.54, 1.807) is 0 Å².